The van der Waals surface area contributed by atoms with Gasteiger partial charge in [-0.1, -0.05) is 41.0 Å². The van der Waals surface area contributed by atoms with Crippen LogP contribution in [0.5, 0.6) is 0 Å². The summed E-state index contributed by atoms with van der Waals surface area (Å²) < 4.78 is 0. The predicted octanol–water partition coefficient (Wildman–Crippen LogP) is 5.38. The van der Waals surface area contributed by atoms with E-state index in [-0.39, 0.29) is 5.41 Å². The summed E-state index contributed by atoms with van der Waals surface area (Å²) in [5.41, 5.74) is 1.61. The van der Waals surface area contributed by atoms with E-state index in [2.05, 4.69) is 34.6 Å². The second-order valence-corrected chi connectivity index (χ2v) is 10.5. The van der Waals surface area contributed by atoms with E-state index in [4.69, 9.17) is 0 Å². The Labute approximate surface area is 130 Å². The van der Waals surface area contributed by atoms with Crippen LogP contribution in [-0.2, 0) is 4.79 Å². The van der Waals surface area contributed by atoms with E-state index >= 15 is 0 Å². The standard InChI is InChI=1S/C20H32O/c1-16(2)8-6-9-19(5)14(16)7-10-18(4)12-17(3)13-20(18,19)11-15(17)21/h14H,6-13H2,1-5H3/t14-,17-,18-,19-,20+/m0/s1. The summed E-state index contributed by atoms with van der Waals surface area (Å²) in [6.07, 6.45) is 10.1. The average Bonchev–Trinajstić information content (AvgIpc) is 2.73. The number of fused-ring (bicyclic) bond motifs is 2. The van der Waals surface area contributed by atoms with Crippen LogP contribution in [0.4, 0.5) is 0 Å². The maximum atomic E-state index is 12.7. The Morgan fingerprint density at radius 3 is 2.33 bits per heavy atom. The molecule has 1 heteroatoms. The minimum absolute atomic E-state index is 0.00817. The summed E-state index contributed by atoms with van der Waals surface area (Å²) in [4.78, 5) is 12.7. The molecule has 4 fully saturated rings. The van der Waals surface area contributed by atoms with Gasteiger partial charge in [0.05, 0.1) is 0 Å². The van der Waals surface area contributed by atoms with Gasteiger partial charge in [-0.05, 0) is 66.1 Å². The molecule has 0 saturated heterocycles. The van der Waals surface area contributed by atoms with Gasteiger partial charge in [0.2, 0.25) is 0 Å². The highest BCUT2D eigenvalue weighted by atomic mass is 16.1. The zero-order valence-corrected chi connectivity index (χ0v) is 14.6. The Bertz CT molecular complexity index is 520. The van der Waals surface area contributed by atoms with Crippen LogP contribution in [0.2, 0.25) is 0 Å². The van der Waals surface area contributed by atoms with Crippen LogP contribution < -0.4 is 0 Å². The fraction of sp³-hybridized carbons (Fsp3) is 0.950. The van der Waals surface area contributed by atoms with Crippen molar-refractivity contribution in [3.63, 3.8) is 0 Å². The Hall–Kier alpha value is -0.330. The molecular formula is C20H32O. The molecule has 0 aromatic carbocycles. The van der Waals surface area contributed by atoms with Crippen LogP contribution >= 0.6 is 0 Å². The molecule has 1 spiro atoms. The van der Waals surface area contributed by atoms with Gasteiger partial charge in [-0.15, -0.1) is 0 Å². The van der Waals surface area contributed by atoms with Gasteiger partial charge in [-0.2, -0.15) is 0 Å². The molecule has 0 aromatic heterocycles. The first-order chi connectivity index (χ1) is 9.59. The number of rotatable bonds is 0. The Kier molecular flexibility index (Phi) is 2.44. The molecule has 118 valence electrons. The van der Waals surface area contributed by atoms with Crippen molar-refractivity contribution in [3.8, 4) is 0 Å². The van der Waals surface area contributed by atoms with Crippen LogP contribution in [0.15, 0.2) is 0 Å². The smallest absolute Gasteiger partial charge is 0.139 e. The molecule has 4 saturated carbocycles. The van der Waals surface area contributed by atoms with Crippen molar-refractivity contribution in [2.45, 2.75) is 86.0 Å². The second-order valence-electron chi connectivity index (χ2n) is 10.5. The Morgan fingerprint density at radius 1 is 0.952 bits per heavy atom. The van der Waals surface area contributed by atoms with Crippen molar-refractivity contribution in [1.29, 1.82) is 0 Å². The first-order valence-electron chi connectivity index (χ1n) is 9.12. The van der Waals surface area contributed by atoms with Crippen molar-refractivity contribution >= 4 is 5.78 Å². The quantitative estimate of drug-likeness (QED) is 0.585. The van der Waals surface area contributed by atoms with Crippen molar-refractivity contribution in [3.05, 3.63) is 0 Å². The molecule has 0 N–H and O–H groups in total. The summed E-state index contributed by atoms with van der Waals surface area (Å²) >= 11 is 0. The van der Waals surface area contributed by atoms with Crippen LogP contribution in [0.1, 0.15) is 86.0 Å². The van der Waals surface area contributed by atoms with E-state index in [1.165, 1.54) is 44.9 Å². The maximum Gasteiger partial charge on any atom is 0.139 e. The monoisotopic (exact) mass is 288 g/mol. The van der Waals surface area contributed by atoms with Crippen molar-refractivity contribution < 1.29 is 4.79 Å². The minimum atomic E-state index is 0.00817. The van der Waals surface area contributed by atoms with Gasteiger partial charge in [-0.25, -0.2) is 0 Å². The highest BCUT2D eigenvalue weighted by Gasteiger charge is 2.76. The summed E-state index contributed by atoms with van der Waals surface area (Å²) in [7, 11) is 0. The van der Waals surface area contributed by atoms with Crippen molar-refractivity contribution in [2.75, 3.05) is 0 Å². The number of carbonyl (C=O) groups is 1. The fourth-order valence-electron chi connectivity index (χ4n) is 8.22. The molecule has 0 aliphatic heterocycles. The van der Waals surface area contributed by atoms with Gasteiger partial charge in [0, 0.05) is 11.8 Å². The third-order valence-electron chi connectivity index (χ3n) is 9.07. The first-order valence-corrected chi connectivity index (χ1v) is 9.12. The van der Waals surface area contributed by atoms with E-state index in [0.717, 1.165) is 12.3 Å². The maximum absolute atomic E-state index is 12.7. The topological polar surface area (TPSA) is 17.1 Å². The third-order valence-corrected chi connectivity index (χ3v) is 9.07. The van der Waals surface area contributed by atoms with E-state index in [9.17, 15) is 4.79 Å². The molecule has 21 heavy (non-hydrogen) atoms. The molecule has 4 aliphatic carbocycles. The van der Waals surface area contributed by atoms with Gasteiger partial charge in [0.15, 0.2) is 0 Å². The number of hydrogen-bond acceptors (Lipinski definition) is 1. The lowest BCUT2D eigenvalue weighted by atomic mass is 9.37. The number of ketones is 1. The van der Waals surface area contributed by atoms with Gasteiger partial charge in [0.25, 0.3) is 0 Å². The molecule has 5 atom stereocenters. The molecule has 0 unspecified atom stereocenters. The molecule has 0 amide bonds. The predicted molar refractivity (Wildman–Crippen MR) is 86.0 cm³/mol. The van der Waals surface area contributed by atoms with Gasteiger partial charge in [-0.3, -0.25) is 4.79 Å². The minimum Gasteiger partial charge on any atom is -0.299 e. The van der Waals surface area contributed by atoms with Crippen LogP contribution in [0.25, 0.3) is 0 Å². The molecule has 0 aromatic rings. The van der Waals surface area contributed by atoms with E-state index in [1.807, 2.05) is 0 Å². The van der Waals surface area contributed by atoms with Gasteiger partial charge >= 0.3 is 0 Å². The molecule has 1 nitrogen and oxygen atoms in total. The zero-order chi connectivity index (χ0) is 15.3. The molecule has 4 aliphatic rings. The van der Waals surface area contributed by atoms with E-state index < -0.39 is 0 Å². The van der Waals surface area contributed by atoms with Gasteiger partial charge in [0.1, 0.15) is 5.78 Å². The molecular weight excluding hydrogens is 256 g/mol. The summed E-state index contributed by atoms with van der Waals surface area (Å²) in [6.45, 7) is 12.4. The van der Waals surface area contributed by atoms with E-state index in [1.54, 1.807) is 0 Å². The summed E-state index contributed by atoms with van der Waals surface area (Å²) in [5.74, 6) is 1.41. The molecule has 2 bridgehead atoms. The lowest BCUT2D eigenvalue weighted by Gasteiger charge is -2.67. The lowest BCUT2D eigenvalue weighted by molar-refractivity contribution is -0.186. The molecule has 0 heterocycles. The highest BCUT2D eigenvalue weighted by Crippen LogP contribution is 2.81. The first kappa shape index (κ1) is 14.3. The SMILES string of the molecule is CC1(C)CCC[C@@]2(C)[C@H]1CC[C@@]1(C)C[C@@]3(C)C[C@]12CC3=O. The Morgan fingerprint density at radius 2 is 1.67 bits per heavy atom. The fourth-order valence-corrected chi connectivity index (χ4v) is 8.22. The van der Waals surface area contributed by atoms with Crippen LogP contribution in [-0.4, -0.2) is 5.78 Å². The second kappa shape index (κ2) is 3.60. The largest absolute Gasteiger partial charge is 0.299 e. The number of Topliss-reactive ketones (excluding diaryl/α,β-unsaturated/α-hetero) is 1. The normalized spacial score (nSPS) is 58.0. The summed E-state index contributed by atoms with van der Waals surface area (Å²) in [6, 6.07) is 0. The van der Waals surface area contributed by atoms with Crippen LogP contribution in [0, 0.1) is 33.0 Å². The average molecular weight is 288 g/mol. The van der Waals surface area contributed by atoms with E-state index in [0.29, 0.717) is 27.4 Å². The lowest BCUT2D eigenvalue weighted by Crippen LogP contribution is -2.60. The van der Waals surface area contributed by atoms with Gasteiger partial charge < -0.3 is 0 Å². The van der Waals surface area contributed by atoms with Crippen molar-refractivity contribution in [1.82, 2.24) is 0 Å². The number of hydrogen-bond donors (Lipinski definition) is 0. The third kappa shape index (κ3) is 1.38. The Balaban J connectivity index is 1.88. The number of carbonyl (C=O) groups excluding carboxylic acids is 1. The summed E-state index contributed by atoms with van der Waals surface area (Å²) in [5, 5.41) is 0. The highest BCUT2D eigenvalue weighted by molar-refractivity contribution is 5.89. The van der Waals surface area contributed by atoms with Crippen molar-refractivity contribution in [2.24, 2.45) is 33.0 Å². The van der Waals surface area contributed by atoms with Crippen LogP contribution in [0.3, 0.4) is 0 Å². The zero-order valence-electron chi connectivity index (χ0n) is 14.6. The molecule has 0 radical (unpaired) electrons. The molecule has 4 rings (SSSR count).